The Morgan fingerprint density at radius 2 is 1.63 bits per heavy atom. The molecule has 0 aliphatic carbocycles. The molecule has 2 N–H and O–H groups in total. The maximum Gasteiger partial charge on any atom is 0.303 e. The van der Waals surface area contributed by atoms with Crippen molar-refractivity contribution in [3.05, 3.63) is 65.7 Å². The summed E-state index contributed by atoms with van der Waals surface area (Å²) >= 11 is 0. The predicted octanol–water partition coefficient (Wildman–Crippen LogP) is 3.34. The molecule has 0 saturated carbocycles. The second-order valence-corrected chi connectivity index (χ2v) is 7.01. The third-order valence-electron chi connectivity index (χ3n) is 4.24. The first-order valence-electron chi connectivity index (χ1n) is 8.67. The molecule has 0 aliphatic heterocycles. The molecule has 0 aliphatic rings. The number of carboxylic acids is 1. The van der Waals surface area contributed by atoms with Crippen molar-refractivity contribution in [2.75, 3.05) is 11.9 Å². The molecule has 0 atom stereocenters. The maximum atomic E-state index is 12.7. The smallest absolute Gasteiger partial charge is 0.303 e. The third kappa shape index (κ3) is 5.67. The van der Waals surface area contributed by atoms with Gasteiger partial charge in [-0.3, -0.25) is 14.4 Å². The number of anilines is 1. The van der Waals surface area contributed by atoms with Gasteiger partial charge in [0, 0.05) is 35.8 Å². The maximum absolute atomic E-state index is 12.7. The van der Waals surface area contributed by atoms with Crippen molar-refractivity contribution < 1.29 is 19.5 Å². The van der Waals surface area contributed by atoms with E-state index in [-0.39, 0.29) is 18.2 Å². The number of benzene rings is 2. The van der Waals surface area contributed by atoms with Crippen LogP contribution in [0.5, 0.6) is 0 Å². The molecule has 2 amide bonds. The minimum absolute atomic E-state index is 0.0341. The quantitative estimate of drug-likeness (QED) is 0.785. The summed E-state index contributed by atoms with van der Waals surface area (Å²) in [5.41, 5.74) is 0.839. The summed E-state index contributed by atoms with van der Waals surface area (Å²) in [7, 11) is 1.68. The summed E-state index contributed by atoms with van der Waals surface area (Å²) < 4.78 is 0. The van der Waals surface area contributed by atoms with Gasteiger partial charge in [-0.05, 0) is 50.6 Å². The number of nitrogens with one attached hydrogen (secondary N) is 1. The van der Waals surface area contributed by atoms with Crippen LogP contribution in [0.2, 0.25) is 0 Å². The van der Waals surface area contributed by atoms with Gasteiger partial charge in [-0.25, -0.2) is 0 Å². The summed E-state index contributed by atoms with van der Waals surface area (Å²) in [4.78, 5) is 37.5. The molecule has 0 unspecified atom stereocenters. The van der Waals surface area contributed by atoms with Gasteiger partial charge in [-0.2, -0.15) is 0 Å². The number of para-hydroxylation sites is 1. The van der Waals surface area contributed by atoms with Gasteiger partial charge in [0.15, 0.2) is 0 Å². The molecule has 0 spiro atoms. The van der Waals surface area contributed by atoms with E-state index >= 15 is 0 Å². The van der Waals surface area contributed by atoms with Crippen LogP contribution < -0.4 is 10.2 Å². The molecule has 2 rings (SSSR count). The molecule has 2 aromatic carbocycles. The molecule has 27 heavy (non-hydrogen) atoms. The van der Waals surface area contributed by atoms with Gasteiger partial charge in [0.05, 0.1) is 0 Å². The van der Waals surface area contributed by atoms with E-state index in [1.54, 1.807) is 45.2 Å². The van der Waals surface area contributed by atoms with Crippen LogP contribution in [0.25, 0.3) is 0 Å². The summed E-state index contributed by atoms with van der Waals surface area (Å²) in [6, 6.07) is 15.7. The number of hydrogen-bond acceptors (Lipinski definition) is 3. The standard InChI is InChI=1S/C21H24N2O4/c1-21(2,13-12-18(24)25)22-19(26)15-8-7-9-16(14-15)20(27)23(3)17-10-5-4-6-11-17/h4-11,14H,12-13H2,1-3H3,(H,22,26)(H,24,25). The second-order valence-electron chi connectivity index (χ2n) is 7.01. The number of nitrogens with zero attached hydrogens (tertiary/aromatic N) is 1. The molecule has 2 aromatic rings. The highest BCUT2D eigenvalue weighted by atomic mass is 16.4. The monoisotopic (exact) mass is 368 g/mol. The van der Waals surface area contributed by atoms with Crippen molar-refractivity contribution in [1.82, 2.24) is 5.32 Å². The zero-order valence-corrected chi connectivity index (χ0v) is 15.7. The van der Waals surface area contributed by atoms with E-state index in [0.717, 1.165) is 5.69 Å². The summed E-state index contributed by atoms with van der Waals surface area (Å²) in [6.45, 7) is 3.54. The lowest BCUT2D eigenvalue weighted by Crippen LogP contribution is -2.43. The molecule has 0 saturated heterocycles. The van der Waals surface area contributed by atoms with Gasteiger partial charge in [0.25, 0.3) is 11.8 Å². The average Bonchev–Trinajstić information content (AvgIpc) is 2.66. The van der Waals surface area contributed by atoms with Crippen LogP contribution in [-0.2, 0) is 4.79 Å². The van der Waals surface area contributed by atoms with E-state index < -0.39 is 11.5 Å². The Labute approximate surface area is 158 Å². The van der Waals surface area contributed by atoms with Gasteiger partial charge in [-0.1, -0.05) is 24.3 Å². The minimum Gasteiger partial charge on any atom is -0.481 e. The van der Waals surface area contributed by atoms with Crippen LogP contribution in [0.4, 0.5) is 5.69 Å². The normalized spacial score (nSPS) is 10.9. The van der Waals surface area contributed by atoms with E-state index in [4.69, 9.17) is 5.11 Å². The van der Waals surface area contributed by atoms with E-state index in [9.17, 15) is 14.4 Å². The summed E-state index contributed by atoms with van der Waals surface area (Å²) in [5.74, 6) is -1.47. The highest BCUT2D eigenvalue weighted by Crippen LogP contribution is 2.17. The lowest BCUT2D eigenvalue weighted by Gasteiger charge is -2.25. The van der Waals surface area contributed by atoms with Crippen molar-refractivity contribution >= 4 is 23.5 Å². The Balaban J connectivity index is 2.13. The molecular formula is C21H24N2O4. The highest BCUT2D eigenvalue weighted by molar-refractivity contribution is 6.07. The summed E-state index contributed by atoms with van der Waals surface area (Å²) in [5, 5.41) is 11.6. The van der Waals surface area contributed by atoms with Crippen LogP contribution in [0.1, 0.15) is 47.4 Å². The fourth-order valence-corrected chi connectivity index (χ4v) is 2.62. The Kier molecular flexibility index (Phi) is 6.34. The first-order chi connectivity index (χ1) is 12.7. The molecule has 142 valence electrons. The van der Waals surface area contributed by atoms with Crippen LogP contribution in [0, 0.1) is 0 Å². The Morgan fingerprint density at radius 3 is 2.26 bits per heavy atom. The zero-order valence-electron chi connectivity index (χ0n) is 15.7. The lowest BCUT2D eigenvalue weighted by molar-refractivity contribution is -0.137. The van der Waals surface area contributed by atoms with E-state index in [1.807, 2.05) is 30.3 Å². The molecular weight excluding hydrogens is 344 g/mol. The molecule has 0 heterocycles. The van der Waals surface area contributed by atoms with E-state index in [1.165, 1.54) is 4.90 Å². The lowest BCUT2D eigenvalue weighted by atomic mass is 9.97. The third-order valence-corrected chi connectivity index (χ3v) is 4.24. The average molecular weight is 368 g/mol. The zero-order chi connectivity index (χ0) is 20.0. The van der Waals surface area contributed by atoms with Crippen LogP contribution in [0.15, 0.2) is 54.6 Å². The highest BCUT2D eigenvalue weighted by Gasteiger charge is 2.23. The first-order valence-corrected chi connectivity index (χ1v) is 8.67. The Bertz CT molecular complexity index is 831. The molecule has 0 aromatic heterocycles. The van der Waals surface area contributed by atoms with Crippen molar-refractivity contribution in [3.8, 4) is 0 Å². The molecule has 6 heteroatoms. The number of hydrogen-bond donors (Lipinski definition) is 2. The van der Waals surface area contributed by atoms with Crippen molar-refractivity contribution in [2.24, 2.45) is 0 Å². The molecule has 6 nitrogen and oxygen atoms in total. The van der Waals surface area contributed by atoms with E-state index in [2.05, 4.69) is 5.32 Å². The van der Waals surface area contributed by atoms with Crippen LogP contribution >= 0.6 is 0 Å². The first kappa shape index (κ1) is 20.2. The van der Waals surface area contributed by atoms with Crippen molar-refractivity contribution in [1.29, 1.82) is 0 Å². The molecule has 0 fully saturated rings. The number of carbonyl (C=O) groups excluding carboxylic acids is 2. The number of amides is 2. The van der Waals surface area contributed by atoms with Gasteiger partial charge < -0.3 is 15.3 Å². The van der Waals surface area contributed by atoms with E-state index in [0.29, 0.717) is 17.5 Å². The van der Waals surface area contributed by atoms with Crippen molar-refractivity contribution in [2.45, 2.75) is 32.2 Å². The Hall–Kier alpha value is -3.15. The SMILES string of the molecule is CN(C(=O)c1cccc(C(=O)NC(C)(C)CCC(=O)O)c1)c1ccccc1. The van der Waals surface area contributed by atoms with Gasteiger partial charge in [0.2, 0.25) is 0 Å². The van der Waals surface area contributed by atoms with Crippen LogP contribution in [0.3, 0.4) is 0 Å². The minimum atomic E-state index is -0.908. The number of carboxylic acid groups (broad SMARTS) is 1. The van der Waals surface area contributed by atoms with Gasteiger partial charge >= 0.3 is 5.97 Å². The van der Waals surface area contributed by atoms with Gasteiger partial charge in [-0.15, -0.1) is 0 Å². The van der Waals surface area contributed by atoms with Crippen molar-refractivity contribution in [3.63, 3.8) is 0 Å². The predicted molar refractivity (Wildman–Crippen MR) is 104 cm³/mol. The van der Waals surface area contributed by atoms with Crippen LogP contribution in [-0.4, -0.2) is 35.5 Å². The fourth-order valence-electron chi connectivity index (χ4n) is 2.62. The second kappa shape index (κ2) is 8.49. The molecule has 0 radical (unpaired) electrons. The topological polar surface area (TPSA) is 86.7 Å². The number of aliphatic carboxylic acids is 1. The number of rotatable bonds is 7. The largest absolute Gasteiger partial charge is 0.481 e. The summed E-state index contributed by atoms with van der Waals surface area (Å²) in [6.07, 6.45) is 0.275. The fraction of sp³-hybridized carbons (Fsp3) is 0.286. The number of carbonyl (C=O) groups is 3. The Morgan fingerprint density at radius 1 is 1.00 bits per heavy atom. The molecule has 0 bridgehead atoms. The van der Waals surface area contributed by atoms with Gasteiger partial charge in [0.1, 0.15) is 0 Å².